The summed E-state index contributed by atoms with van der Waals surface area (Å²) in [5.41, 5.74) is 0. The van der Waals surface area contributed by atoms with Crippen LogP contribution in [0.3, 0.4) is 0 Å². The maximum absolute atomic E-state index is 12.0. The van der Waals surface area contributed by atoms with E-state index in [-0.39, 0.29) is 12.1 Å². The van der Waals surface area contributed by atoms with Gasteiger partial charge in [0, 0.05) is 12.8 Å². The van der Waals surface area contributed by atoms with E-state index in [0.717, 1.165) is 38.4 Å². The Bertz CT molecular complexity index is 289. The fourth-order valence-electron chi connectivity index (χ4n) is 2.96. The van der Waals surface area contributed by atoms with Crippen LogP contribution in [0.5, 0.6) is 0 Å². The van der Waals surface area contributed by atoms with E-state index in [1.54, 1.807) is 0 Å². The molecule has 3 nitrogen and oxygen atoms in total. The van der Waals surface area contributed by atoms with Crippen molar-refractivity contribution >= 4 is 12.3 Å². The van der Waals surface area contributed by atoms with Crippen LogP contribution >= 0.6 is 0 Å². The third kappa shape index (κ3) is 16.0. The molecule has 0 aromatic rings. The molecule has 3 heteroatoms. The molecule has 1 unspecified atom stereocenters. The first-order valence-electron chi connectivity index (χ1n) is 10.4. The van der Waals surface area contributed by atoms with E-state index in [2.05, 4.69) is 13.8 Å². The van der Waals surface area contributed by atoms with Gasteiger partial charge in [0.1, 0.15) is 12.4 Å². The van der Waals surface area contributed by atoms with Crippen molar-refractivity contribution in [1.29, 1.82) is 0 Å². The molecule has 0 saturated carbocycles. The SMILES string of the molecule is CCCCCCCCC(CCCCCC)OC(=O)CCCCC=O. The van der Waals surface area contributed by atoms with Gasteiger partial charge in [-0.2, -0.15) is 0 Å². The summed E-state index contributed by atoms with van der Waals surface area (Å²) in [6, 6.07) is 0. The Morgan fingerprint density at radius 1 is 0.792 bits per heavy atom. The molecule has 0 amide bonds. The zero-order chi connectivity index (χ0) is 17.9. The first kappa shape index (κ1) is 23.1. The predicted octanol–water partition coefficient (Wildman–Crippen LogP) is 6.38. The molecule has 0 aliphatic heterocycles. The summed E-state index contributed by atoms with van der Waals surface area (Å²) in [7, 11) is 0. The Labute approximate surface area is 149 Å². The number of esters is 1. The molecule has 0 saturated heterocycles. The average molecular weight is 341 g/mol. The van der Waals surface area contributed by atoms with Crippen molar-refractivity contribution in [3.63, 3.8) is 0 Å². The highest BCUT2D eigenvalue weighted by Gasteiger charge is 2.14. The summed E-state index contributed by atoms with van der Waals surface area (Å²) in [5.74, 6) is -0.0765. The van der Waals surface area contributed by atoms with Crippen LogP contribution in [0.15, 0.2) is 0 Å². The molecule has 0 aromatic heterocycles. The average Bonchev–Trinajstić information content (AvgIpc) is 2.58. The molecular weight excluding hydrogens is 300 g/mol. The standard InChI is InChI=1S/C21H40O3/c1-3-5-7-9-10-13-17-20(16-12-8-6-4-2)24-21(23)18-14-11-15-19-22/h19-20H,3-18H2,1-2H3. The molecule has 0 aliphatic rings. The van der Waals surface area contributed by atoms with Gasteiger partial charge in [0.2, 0.25) is 0 Å². The molecule has 0 aromatic carbocycles. The van der Waals surface area contributed by atoms with E-state index < -0.39 is 0 Å². The Morgan fingerprint density at radius 3 is 1.92 bits per heavy atom. The van der Waals surface area contributed by atoms with E-state index in [9.17, 15) is 9.59 Å². The minimum Gasteiger partial charge on any atom is -0.462 e. The first-order valence-corrected chi connectivity index (χ1v) is 10.4. The number of ether oxygens (including phenoxy) is 1. The minimum absolute atomic E-state index is 0.0765. The third-order valence-electron chi connectivity index (χ3n) is 4.51. The molecule has 24 heavy (non-hydrogen) atoms. The van der Waals surface area contributed by atoms with Gasteiger partial charge < -0.3 is 9.53 Å². The number of hydrogen-bond donors (Lipinski definition) is 0. The fraction of sp³-hybridized carbons (Fsp3) is 0.905. The molecule has 0 fully saturated rings. The largest absolute Gasteiger partial charge is 0.462 e. The lowest BCUT2D eigenvalue weighted by atomic mass is 10.0. The maximum atomic E-state index is 12.0. The van der Waals surface area contributed by atoms with Crippen molar-refractivity contribution < 1.29 is 14.3 Å². The number of hydrogen-bond acceptors (Lipinski definition) is 3. The van der Waals surface area contributed by atoms with E-state index in [4.69, 9.17) is 4.74 Å². The second kappa shape index (κ2) is 18.5. The monoisotopic (exact) mass is 340 g/mol. The Hall–Kier alpha value is -0.860. The second-order valence-corrected chi connectivity index (χ2v) is 6.93. The van der Waals surface area contributed by atoms with Crippen LogP contribution in [0.2, 0.25) is 0 Å². The number of rotatable bonds is 18. The topological polar surface area (TPSA) is 43.4 Å². The van der Waals surface area contributed by atoms with Crippen molar-refractivity contribution in [3.8, 4) is 0 Å². The lowest BCUT2D eigenvalue weighted by Gasteiger charge is -2.18. The van der Waals surface area contributed by atoms with Crippen molar-refractivity contribution in [1.82, 2.24) is 0 Å². The first-order chi connectivity index (χ1) is 11.7. The van der Waals surface area contributed by atoms with Crippen molar-refractivity contribution in [2.45, 2.75) is 123 Å². The summed E-state index contributed by atoms with van der Waals surface area (Å²) < 4.78 is 5.71. The van der Waals surface area contributed by atoms with Gasteiger partial charge in [-0.1, -0.05) is 65.2 Å². The summed E-state index contributed by atoms with van der Waals surface area (Å²) in [5, 5.41) is 0. The molecule has 0 radical (unpaired) electrons. The highest BCUT2D eigenvalue weighted by Crippen LogP contribution is 2.17. The zero-order valence-corrected chi connectivity index (χ0v) is 16.2. The minimum atomic E-state index is -0.0765. The lowest BCUT2D eigenvalue weighted by Crippen LogP contribution is -2.18. The molecule has 0 aliphatic carbocycles. The zero-order valence-electron chi connectivity index (χ0n) is 16.2. The van der Waals surface area contributed by atoms with Gasteiger partial charge >= 0.3 is 5.97 Å². The highest BCUT2D eigenvalue weighted by atomic mass is 16.5. The number of unbranched alkanes of at least 4 members (excludes halogenated alkanes) is 10. The Morgan fingerprint density at radius 2 is 1.33 bits per heavy atom. The van der Waals surface area contributed by atoms with Crippen LogP contribution in [0, 0.1) is 0 Å². The normalized spacial score (nSPS) is 12.1. The van der Waals surface area contributed by atoms with Crippen LogP contribution in [-0.4, -0.2) is 18.4 Å². The molecular formula is C21H40O3. The van der Waals surface area contributed by atoms with Gasteiger partial charge in [-0.25, -0.2) is 0 Å². The molecule has 0 bridgehead atoms. The van der Waals surface area contributed by atoms with Gasteiger partial charge in [-0.05, 0) is 38.5 Å². The van der Waals surface area contributed by atoms with Crippen LogP contribution in [0.4, 0.5) is 0 Å². The molecule has 0 spiro atoms. The lowest BCUT2D eigenvalue weighted by molar-refractivity contribution is -0.150. The van der Waals surface area contributed by atoms with Gasteiger partial charge in [-0.3, -0.25) is 4.79 Å². The van der Waals surface area contributed by atoms with Gasteiger partial charge in [0.15, 0.2) is 0 Å². The summed E-state index contributed by atoms with van der Waals surface area (Å²) in [6.07, 6.45) is 18.1. The number of carbonyl (C=O) groups excluding carboxylic acids is 2. The van der Waals surface area contributed by atoms with Gasteiger partial charge in [0.25, 0.3) is 0 Å². The highest BCUT2D eigenvalue weighted by molar-refractivity contribution is 5.69. The van der Waals surface area contributed by atoms with Crippen LogP contribution in [0.25, 0.3) is 0 Å². The Kier molecular flexibility index (Phi) is 17.8. The molecule has 142 valence electrons. The summed E-state index contributed by atoms with van der Waals surface area (Å²) >= 11 is 0. The second-order valence-electron chi connectivity index (χ2n) is 6.93. The van der Waals surface area contributed by atoms with Crippen molar-refractivity contribution in [2.24, 2.45) is 0 Å². The number of aldehydes is 1. The summed E-state index contributed by atoms with van der Waals surface area (Å²) in [6.45, 7) is 4.45. The Balaban J connectivity index is 3.97. The van der Waals surface area contributed by atoms with E-state index >= 15 is 0 Å². The van der Waals surface area contributed by atoms with E-state index in [0.29, 0.717) is 12.8 Å². The predicted molar refractivity (Wildman–Crippen MR) is 101 cm³/mol. The van der Waals surface area contributed by atoms with Crippen LogP contribution in [-0.2, 0) is 14.3 Å². The molecule has 0 heterocycles. The third-order valence-corrected chi connectivity index (χ3v) is 4.51. The maximum Gasteiger partial charge on any atom is 0.306 e. The van der Waals surface area contributed by atoms with Gasteiger partial charge in [-0.15, -0.1) is 0 Å². The summed E-state index contributed by atoms with van der Waals surface area (Å²) in [4.78, 5) is 22.3. The van der Waals surface area contributed by atoms with Crippen LogP contribution < -0.4 is 0 Å². The fourth-order valence-corrected chi connectivity index (χ4v) is 2.96. The van der Waals surface area contributed by atoms with Crippen LogP contribution in [0.1, 0.15) is 117 Å². The van der Waals surface area contributed by atoms with E-state index in [1.165, 1.54) is 57.8 Å². The quantitative estimate of drug-likeness (QED) is 0.165. The van der Waals surface area contributed by atoms with Crippen molar-refractivity contribution in [3.05, 3.63) is 0 Å². The molecule has 0 N–H and O–H groups in total. The van der Waals surface area contributed by atoms with E-state index in [1.807, 2.05) is 0 Å². The molecule has 1 atom stereocenters. The van der Waals surface area contributed by atoms with Crippen molar-refractivity contribution in [2.75, 3.05) is 0 Å². The molecule has 0 rings (SSSR count). The smallest absolute Gasteiger partial charge is 0.306 e. The number of carbonyl (C=O) groups is 2. The van der Waals surface area contributed by atoms with Gasteiger partial charge in [0.05, 0.1) is 0 Å².